The molecule has 1 aromatic rings. The van der Waals surface area contributed by atoms with Crippen molar-refractivity contribution in [3.63, 3.8) is 0 Å². The average molecular weight is 279 g/mol. The Morgan fingerprint density at radius 1 is 1.40 bits per heavy atom. The summed E-state index contributed by atoms with van der Waals surface area (Å²) in [6, 6.07) is 3.35. The molecule has 0 amide bonds. The van der Waals surface area contributed by atoms with Gasteiger partial charge in [-0.2, -0.15) is 0 Å². The van der Waals surface area contributed by atoms with E-state index in [0.29, 0.717) is 12.1 Å². The number of furan rings is 1. The van der Waals surface area contributed by atoms with Crippen LogP contribution >= 0.6 is 0 Å². The number of likely N-dealkylation sites (N-methyl/N-ethyl adjacent to an activating group) is 1. The summed E-state index contributed by atoms with van der Waals surface area (Å²) in [7, 11) is 2.20. The summed E-state index contributed by atoms with van der Waals surface area (Å²) < 4.78 is 5.92. The molecule has 1 N–H and O–H groups in total. The molecule has 1 aliphatic heterocycles. The molecule has 1 fully saturated rings. The van der Waals surface area contributed by atoms with Gasteiger partial charge < -0.3 is 14.6 Å². The molecule has 1 saturated heterocycles. The fraction of sp³-hybridized carbons (Fsp3) is 0.750. The first-order chi connectivity index (χ1) is 9.45. The normalized spacial score (nSPS) is 21.8. The van der Waals surface area contributed by atoms with Gasteiger partial charge in [0.25, 0.3) is 0 Å². The van der Waals surface area contributed by atoms with Crippen molar-refractivity contribution in [2.24, 2.45) is 0 Å². The van der Waals surface area contributed by atoms with Gasteiger partial charge in [0.2, 0.25) is 0 Å². The van der Waals surface area contributed by atoms with E-state index < -0.39 is 0 Å². The van der Waals surface area contributed by atoms with Gasteiger partial charge in [-0.25, -0.2) is 0 Å². The number of hydrogen-bond donors (Lipinski definition) is 1. The van der Waals surface area contributed by atoms with E-state index in [1.54, 1.807) is 0 Å². The Morgan fingerprint density at radius 2 is 2.15 bits per heavy atom. The van der Waals surface area contributed by atoms with Crippen LogP contribution in [0.25, 0.3) is 0 Å². The number of aryl methyl sites for hydroxylation is 1. The fourth-order valence-corrected chi connectivity index (χ4v) is 2.64. The lowest BCUT2D eigenvalue weighted by molar-refractivity contribution is 0.0944. The Balaban J connectivity index is 1.91. The summed E-state index contributed by atoms with van der Waals surface area (Å²) in [5, 5.41) is 3.45. The minimum Gasteiger partial charge on any atom is -0.465 e. The molecule has 0 spiro atoms. The van der Waals surface area contributed by atoms with Crippen molar-refractivity contribution in [2.75, 3.05) is 26.7 Å². The van der Waals surface area contributed by atoms with Crippen LogP contribution in [0.2, 0.25) is 0 Å². The number of piperazine rings is 1. The average Bonchev–Trinajstić information content (AvgIpc) is 2.72. The molecule has 0 aliphatic carbocycles. The molecule has 1 atom stereocenters. The van der Waals surface area contributed by atoms with E-state index in [-0.39, 0.29) is 0 Å². The fourth-order valence-electron chi connectivity index (χ4n) is 2.64. The van der Waals surface area contributed by atoms with Crippen LogP contribution in [-0.2, 0) is 13.1 Å². The summed E-state index contributed by atoms with van der Waals surface area (Å²) in [6.07, 6.45) is 0. The lowest BCUT2D eigenvalue weighted by atomic mass is 10.2. The van der Waals surface area contributed by atoms with Crippen LogP contribution < -0.4 is 5.32 Å². The predicted octanol–water partition coefficient (Wildman–Crippen LogP) is 2.22. The van der Waals surface area contributed by atoms with E-state index in [4.69, 9.17) is 4.42 Å². The van der Waals surface area contributed by atoms with Gasteiger partial charge in [-0.3, -0.25) is 4.90 Å². The Kier molecular flexibility index (Phi) is 5.24. The maximum atomic E-state index is 5.92. The Labute approximate surface area is 123 Å². The molecule has 1 aromatic heterocycles. The summed E-state index contributed by atoms with van der Waals surface area (Å²) >= 11 is 0. The monoisotopic (exact) mass is 279 g/mol. The molecule has 4 heteroatoms. The standard InChI is InChI=1S/C16H29N3O/c1-12(2)17-9-15-8-16(20-14(15)4)11-19-7-6-18(5)13(3)10-19/h8,12-13,17H,6-7,9-11H2,1-5H3. The molecule has 2 rings (SSSR count). The Hall–Kier alpha value is -0.840. The molecule has 0 aromatic carbocycles. The lowest BCUT2D eigenvalue weighted by Gasteiger charge is -2.37. The third-order valence-electron chi connectivity index (χ3n) is 4.20. The number of nitrogens with one attached hydrogen (secondary N) is 1. The molecule has 2 heterocycles. The van der Waals surface area contributed by atoms with E-state index in [2.05, 4.69) is 55.9 Å². The molecule has 0 radical (unpaired) electrons. The molecular weight excluding hydrogens is 250 g/mol. The number of nitrogens with zero attached hydrogens (tertiary/aromatic N) is 2. The second-order valence-electron chi connectivity index (χ2n) is 6.39. The molecule has 1 aliphatic rings. The summed E-state index contributed by atoms with van der Waals surface area (Å²) in [5.41, 5.74) is 1.29. The second kappa shape index (κ2) is 6.74. The van der Waals surface area contributed by atoms with Crippen LogP contribution in [0.1, 0.15) is 37.9 Å². The Bertz CT molecular complexity index is 427. The zero-order valence-electron chi connectivity index (χ0n) is 13.6. The smallest absolute Gasteiger partial charge is 0.118 e. The quantitative estimate of drug-likeness (QED) is 0.895. The summed E-state index contributed by atoms with van der Waals surface area (Å²) in [5.74, 6) is 2.15. The van der Waals surface area contributed by atoms with Crippen LogP contribution in [0.15, 0.2) is 10.5 Å². The van der Waals surface area contributed by atoms with Crippen LogP contribution in [0.3, 0.4) is 0 Å². The van der Waals surface area contributed by atoms with Gasteiger partial charge >= 0.3 is 0 Å². The Morgan fingerprint density at radius 3 is 2.80 bits per heavy atom. The van der Waals surface area contributed by atoms with Crippen molar-refractivity contribution < 1.29 is 4.42 Å². The van der Waals surface area contributed by atoms with Gasteiger partial charge in [0.1, 0.15) is 11.5 Å². The molecule has 20 heavy (non-hydrogen) atoms. The molecule has 1 unspecified atom stereocenters. The zero-order valence-corrected chi connectivity index (χ0v) is 13.6. The van der Waals surface area contributed by atoms with Crippen LogP contribution in [0, 0.1) is 6.92 Å². The van der Waals surface area contributed by atoms with Crippen molar-refractivity contribution >= 4 is 0 Å². The maximum absolute atomic E-state index is 5.92. The van der Waals surface area contributed by atoms with E-state index in [1.165, 1.54) is 5.56 Å². The lowest BCUT2D eigenvalue weighted by Crippen LogP contribution is -2.49. The molecule has 4 nitrogen and oxygen atoms in total. The van der Waals surface area contributed by atoms with Gasteiger partial charge in [-0.1, -0.05) is 13.8 Å². The minimum atomic E-state index is 0.506. The highest BCUT2D eigenvalue weighted by Crippen LogP contribution is 2.18. The summed E-state index contributed by atoms with van der Waals surface area (Å²) in [4.78, 5) is 4.91. The van der Waals surface area contributed by atoms with E-state index >= 15 is 0 Å². The third kappa shape index (κ3) is 4.08. The predicted molar refractivity (Wildman–Crippen MR) is 82.8 cm³/mol. The first-order valence-electron chi connectivity index (χ1n) is 7.70. The van der Waals surface area contributed by atoms with Crippen molar-refractivity contribution in [2.45, 2.75) is 52.9 Å². The van der Waals surface area contributed by atoms with Crippen LogP contribution in [0.5, 0.6) is 0 Å². The molecule has 114 valence electrons. The van der Waals surface area contributed by atoms with E-state index in [1.807, 2.05) is 0 Å². The number of hydrogen-bond acceptors (Lipinski definition) is 4. The van der Waals surface area contributed by atoms with Crippen LogP contribution in [0.4, 0.5) is 0 Å². The highest BCUT2D eigenvalue weighted by molar-refractivity contribution is 5.20. The number of rotatable bonds is 5. The van der Waals surface area contributed by atoms with Gasteiger partial charge in [-0.15, -0.1) is 0 Å². The van der Waals surface area contributed by atoms with E-state index in [9.17, 15) is 0 Å². The van der Waals surface area contributed by atoms with Crippen molar-refractivity contribution in [1.29, 1.82) is 0 Å². The largest absolute Gasteiger partial charge is 0.465 e. The van der Waals surface area contributed by atoms with Crippen molar-refractivity contribution in [3.05, 3.63) is 23.2 Å². The van der Waals surface area contributed by atoms with E-state index in [0.717, 1.165) is 44.2 Å². The van der Waals surface area contributed by atoms with Gasteiger partial charge in [-0.05, 0) is 27.0 Å². The van der Waals surface area contributed by atoms with Crippen LogP contribution in [-0.4, -0.2) is 48.6 Å². The topological polar surface area (TPSA) is 31.7 Å². The maximum Gasteiger partial charge on any atom is 0.118 e. The second-order valence-corrected chi connectivity index (χ2v) is 6.39. The third-order valence-corrected chi connectivity index (χ3v) is 4.20. The van der Waals surface area contributed by atoms with Gasteiger partial charge in [0.15, 0.2) is 0 Å². The van der Waals surface area contributed by atoms with Crippen molar-refractivity contribution in [1.82, 2.24) is 15.1 Å². The molecule has 0 bridgehead atoms. The minimum absolute atomic E-state index is 0.506. The summed E-state index contributed by atoms with van der Waals surface area (Å²) in [6.45, 7) is 13.9. The van der Waals surface area contributed by atoms with Gasteiger partial charge in [0.05, 0.1) is 6.54 Å². The zero-order chi connectivity index (χ0) is 14.7. The molecule has 0 saturated carbocycles. The van der Waals surface area contributed by atoms with Crippen molar-refractivity contribution in [3.8, 4) is 0 Å². The highest BCUT2D eigenvalue weighted by atomic mass is 16.3. The SMILES string of the molecule is Cc1oc(CN2CCN(C)C(C)C2)cc1CNC(C)C. The first kappa shape index (κ1) is 15.5. The first-order valence-corrected chi connectivity index (χ1v) is 7.70. The highest BCUT2D eigenvalue weighted by Gasteiger charge is 2.21. The van der Waals surface area contributed by atoms with Gasteiger partial charge in [0, 0.05) is 43.8 Å². The molecular formula is C16H29N3O.